The van der Waals surface area contributed by atoms with Crippen LogP contribution < -0.4 is 5.32 Å². The largest absolute Gasteiger partial charge is 0.479 e. The molecule has 0 aromatic carbocycles. The quantitative estimate of drug-likeness (QED) is 0.684. The molecular weight excluding hydrogens is 202 g/mol. The van der Waals surface area contributed by atoms with Crippen LogP contribution in [0.4, 0.5) is 0 Å². The smallest absolute Gasteiger partial charge is 0.330 e. The molecule has 80 valence electrons. The summed E-state index contributed by atoms with van der Waals surface area (Å²) in [5, 5.41) is 11.7. The number of carboxylic acid groups (broad SMARTS) is 1. The van der Waals surface area contributed by atoms with Crippen LogP contribution in [0, 0.1) is 5.41 Å². The third-order valence-corrected chi connectivity index (χ3v) is 4.15. The number of carboxylic acids is 1. The summed E-state index contributed by atoms with van der Waals surface area (Å²) in [5.74, 6) is 0.443. The Labute approximate surface area is 87.4 Å². The summed E-state index contributed by atoms with van der Waals surface area (Å²) in [4.78, 5) is 21.7. The second-order valence-electron chi connectivity index (χ2n) is 4.16. The lowest BCUT2D eigenvalue weighted by molar-refractivity contribution is -0.150. The maximum absolute atomic E-state index is 11.2. The van der Waals surface area contributed by atoms with Crippen molar-refractivity contribution in [2.75, 3.05) is 11.5 Å². The maximum Gasteiger partial charge on any atom is 0.330 e. The summed E-state index contributed by atoms with van der Waals surface area (Å²) in [7, 11) is 0. The molecule has 1 fully saturated rings. The van der Waals surface area contributed by atoms with Gasteiger partial charge in [-0.05, 0) is 12.2 Å². The van der Waals surface area contributed by atoms with Crippen LogP contribution in [0.2, 0.25) is 0 Å². The minimum atomic E-state index is -1.11. The summed E-state index contributed by atoms with van der Waals surface area (Å²) in [6.45, 7) is 3.77. The van der Waals surface area contributed by atoms with Crippen molar-refractivity contribution in [1.29, 1.82) is 0 Å². The minimum absolute atomic E-state index is 0.398. The van der Waals surface area contributed by atoms with Gasteiger partial charge in [0, 0.05) is 11.2 Å². The molecule has 2 N–H and O–H groups in total. The van der Waals surface area contributed by atoms with Crippen molar-refractivity contribution in [2.24, 2.45) is 5.41 Å². The second-order valence-corrected chi connectivity index (χ2v) is 5.26. The molecule has 0 spiro atoms. The Morgan fingerprint density at radius 3 is 2.64 bits per heavy atom. The van der Waals surface area contributed by atoms with E-state index in [2.05, 4.69) is 5.32 Å². The molecule has 1 amide bonds. The van der Waals surface area contributed by atoms with Crippen LogP contribution in [-0.4, -0.2) is 34.5 Å². The van der Waals surface area contributed by atoms with Gasteiger partial charge in [-0.1, -0.05) is 13.8 Å². The van der Waals surface area contributed by atoms with Crippen LogP contribution in [0.1, 0.15) is 20.3 Å². The van der Waals surface area contributed by atoms with E-state index in [9.17, 15) is 14.7 Å². The Morgan fingerprint density at radius 2 is 2.21 bits per heavy atom. The van der Waals surface area contributed by atoms with Gasteiger partial charge in [-0.2, -0.15) is 11.8 Å². The first-order valence-electron chi connectivity index (χ1n) is 4.49. The summed E-state index contributed by atoms with van der Waals surface area (Å²) < 4.78 is 0. The van der Waals surface area contributed by atoms with Crippen molar-refractivity contribution in [1.82, 2.24) is 5.32 Å². The molecule has 1 rings (SSSR count). The highest BCUT2D eigenvalue weighted by atomic mass is 32.2. The van der Waals surface area contributed by atoms with Gasteiger partial charge in [-0.3, -0.25) is 4.79 Å². The first kappa shape index (κ1) is 11.4. The van der Waals surface area contributed by atoms with Crippen LogP contribution in [0.3, 0.4) is 0 Å². The molecule has 5 heteroatoms. The first-order valence-corrected chi connectivity index (χ1v) is 5.64. The van der Waals surface area contributed by atoms with E-state index in [4.69, 9.17) is 0 Å². The zero-order valence-electron chi connectivity index (χ0n) is 8.37. The number of carbonyl (C=O) groups is 2. The number of amides is 1. The van der Waals surface area contributed by atoms with Gasteiger partial charge in [-0.15, -0.1) is 0 Å². The molecule has 0 aromatic heterocycles. The van der Waals surface area contributed by atoms with Crippen LogP contribution in [0.25, 0.3) is 0 Å². The van der Waals surface area contributed by atoms with E-state index in [-0.39, 0.29) is 0 Å². The zero-order chi connectivity index (χ0) is 10.8. The van der Waals surface area contributed by atoms with Crippen molar-refractivity contribution in [2.45, 2.75) is 25.8 Å². The van der Waals surface area contributed by atoms with Gasteiger partial charge in [0.15, 0.2) is 5.54 Å². The average molecular weight is 217 g/mol. The number of aliphatic carboxylic acids is 1. The summed E-state index contributed by atoms with van der Waals surface area (Å²) in [5.41, 5.74) is -1.51. The SMILES string of the molecule is CC1(C)CCSCC1(NC=O)C(=O)O. The standard InChI is InChI=1S/C9H15NO3S/c1-8(2)3-4-14-5-9(8,7(12)13)10-6-11/h6H,3-5H2,1-2H3,(H,10,11)(H,12,13). The normalized spacial score (nSPS) is 30.7. The monoisotopic (exact) mass is 217 g/mol. The van der Waals surface area contributed by atoms with E-state index in [1.54, 1.807) is 11.8 Å². The van der Waals surface area contributed by atoms with Crippen LogP contribution in [-0.2, 0) is 9.59 Å². The summed E-state index contributed by atoms with van der Waals surface area (Å²) >= 11 is 1.57. The highest BCUT2D eigenvalue weighted by Crippen LogP contribution is 2.42. The first-order chi connectivity index (χ1) is 6.46. The van der Waals surface area contributed by atoms with E-state index >= 15 is 0 Å². The molecule has 1 unspecified atom stereocenters. The third-order valence-electron chi connectivity index (χ3n) is 3.02. The highest BCUT2D eigenvalue weighted by Gasteiger charge is 2.52. The Balaban J connectivity index is 3.03. The highest BCUT2D eigenvalue weighted by molar-refractivity contribution is 7.99. The van der Waals surface area contributed by atoms with Gasteiger partial charge in [0.1, 0.15) is 0 Å². The molecule has 0 saturated carbocycles. The fraction of sp³-hybridized carbons (Fsp3) is 0.778. The van der Waals surface area contributed by atoms with E-state index in [1.807, 2.05) is 13.8 Å². The molecule has 0 bridgehead atoms. The van der Waals surface area contributed by atoms with Crippen LogP contribution >= 0.6 is 11.8 Å². The Kier molecular flexibility index (Phi) is 3.09. The van der Waals surface area contributed by atoms with Gasteiger partial charge in [0.2, 0.25) is 6.41 Å². The molecule has 4 nitrogen and oxygen atoms in total. The van der Waals surface area contributed by atoms with E-state index in [1.165, 1.54) is 0 Å². The Bertz CT molecular complexity index is 254. The third kappa shape index (κ3) is 1.61. The minimum Gasteiger partial charge on any atom is -0.479 e. The lowest BCUT2D eigenvalue weighted by atomic mass is 9.71. The molecule has 1 aliphatic heterocycles. The summed E-state index contributed by atoms with van der Waals surface area (Å²) in [6, 6.07) is 0. The molecule has 1 saturated heterocycles. The molecule has 1 heterocycles. The van der Waals surface area contributed by atoms with Gasteiger partial charge >= 0.3 is 5.97 Å². The van der Waals surface area contributed by atoms with Gasteiger partial charge in [-0.25, -0.2) is 4.79 Å². The number of rotatable bonds is 3. The van der Waals surface area contributed by atoms with Crippen molar-refractivity contribution in [3.63, 3.8) is 0 Å². The number of hydrogen-bond donors (Lipinski definition) is 2. The van der Waals surface area contributed by atoms with Gasteiger partial charge < -0.3 is 10.4 Å². The number of carbonyl (C=O) groups excluding carboxylic acids is 1. The zero-order valence-corrected chi connectivity index (χ0v) is 9.19. The Hall–Kier alpha value is -0.710. The van der Waals surface area contributed by atoms with Crippen molar-refractivity contribution >= 4 is 24.1 Å². The molecule has 0 aromatic rings. The fourth-order valence-corrected chi connectivity index (χ4v) is 3.41. The van der Waals surface area contributed by atoms with Crippen molar-refractivity contribution < 1.29 is 14.7 Å². The summed E-state index contributed by atoms with van der Waals surface area (Å²) in [6.07, 6.45) is 1.28. The number of thioether (sulfide) groups is 1. The van der Waals surface area contributed by atoms with Crippen LogP contribution in [0.15, 0.2) is 0 Å². The maximum atomic E-state index is 11.2. The molecule has 14 heavy (non-hydrogen) atoms. The van der Waals surface area contributed by atoms with Crippen molar-refractivity contribution in [3.05, 3.63) is 0 Å². The van der Waals surface area contributed by atoms with Crippen molar-refractivity contribution in [3.8, 4) is 0 Å². The lowest BCUT2D eigenvalue weighted by Crippen LogP contribution is -2.64. The molecular formula is C9H15NO3S. The topological polar surface area (TPSA) is 66.4 Å². The Morgan fingerprint density at radius 1 is 1.57 bits per heavy atom. The van der Waals surface area contributed by atoms with E-state index < -0.39 is 16.9 Å². The molecule has 0 radical (unpaired) electrons. The van der Waals surface area contributed by atoms with Crippen LogP contribution in [0.5, 0.6) is 0 Å². The lowest BCUT2D eigenvalue weighted by Gasteiger charge is -2.46. The fourth-order valence-electron chi connectivity index (χ4n) is 1.71. The van der Waals surface area contributed by atoms with Gasteiger partial charge in [0.05, 0.1) is 0 Å². The van der Waals surface area contributed by atoms with Gasteiger partial charge in [0.25, 0.3) is 0 Å². The molecule has 0 aliphatic carbocycles. The molecule has 1 aliphatic rings. The second kappa shape index (κ2) is 3.81. The predicted octanol–water partition coefficient (Wildman–Crippen LogP) is 0.719. The number of hydrogen-bond acceptors (Lipinski definition) is 3. The average Bonchev–Trinajstić information content (AvgIpc) is 2.08. The number of nitrogens with one attached hydrogen (secondary N) is 1. The molecule has 1 atom stereocenters. The predicted molar refractivity (Wildman–Crippen MR) is 55.3 cm³/mol. The van der Waals surface area contributed by atoms with E-state index in [0.717, 1.165) is 12.2 Å². The van der Waals surface area contributed by atoms with E-state index in [0.29, 0.717) is 12.2 Å².